The van der Waals surface area contributed by atoms with Crippen molar-refractivity contribution in [2.45, 2.75) is 39.8 Å². The van der Waals surface area contributed by atoms with E-state index in [9.17, 15) is 16.8 Å². The summed E-state index contributed by atoms with van der Waals surface area (Å²) in [5.41, 5.74) is 5.54. The number of nitrogens with zero attached hydrogens (tertiary/aromatic N) is 1. The molecule has 1 saturated heterocycles. The second-order valence-electron chi connectivity index (χ2n) is 6.62. The molecular formula is C18H24N2O4S3. The maximum absolute atomic E-state index is 12.7. The van der Waals surface area contributed by atoms with Crippen molar-refractivity contribution < 1.29 is 16.8 Å². The molecular weight excluding hydrogens is 404 g/mol. The molecule has 0 radical (unpaired) electrons. The molecule has 2 N–H and O–H groups in total. The van der Waals surface area contributed by atoms with Crippen LogP contribution in [0.4, 0.5) is 0 Å². The number of sulfone groups is 2. The van der Waals surface area contributed by atoms with E-state index in [2.05, 4.69) is 4.90 Å². The van der Waals surface area contributed by atoms with Gasteiger partial charge in [-0.1, -0.05) is 0 Å². The molecule has 6 nitrogen and oxygen atoms in total. The Bertz CT molecular complexity index is 974. The minimum absolute atomic E-state index is 0.0698. The van der Waals surface area contributed by atoms with Crippen molar-refractivity contribution in [3.05, 3.63) is 41.3 Å². The maximum Gasteiger partial charge on any atom is 0.215 e. The smallest absolute Gasteiger partial charge is 0.215 e. The molecule has 0 bridgehead atoms. The van der Waals surface area contributed by atoms with Crippen LogP contribution in [0.5, 0.6) is 0 Å². The van der Waals surface area contributed by atoms with Gasteiger partial charge in [-0.3, -0.25) is 0 Å². The third-order valence-electron chi connectivity index (χ3n) is 4.68. The van der Waals surface area contributed by atoms with Crippen molar-refractivity contribution in [3.8, 4) is 0 Å². The van der Waals surface area contributed by atoms with E-state index in [4.69, 9.17) is 5.73 Å². The van der Waals surface area contributed by atoms with Gasteiger partial charge in [0.1, 0.15) is 4.21 Å². The van der Waals surface area contributed by atoms with Crippen LogP contribution in [-0.4, -0.2) is 47.1 Å². The summed E-state index contributed by atoms with van der Waals surface area (Å²) in [4.78, 5) is 3.31. The van der Waals surface area contributed by atoms with Gasteiger partial charge in [-0.15, -0.1) is 11.3 Å². The van der Waals surface area contributed by atoms with Gasteiger partial charge in [-0.2, -0.15) is 0 Å². The van der Waals surface area contributed by atoms with E-state index in [0.717, 1.165) is 35.8 Å². The van der Waals surface area contributed by atoms with Crippen LogP contribution in [0.1, 0.15) is 24.1 Å². The molecule has 1 fully saturated rings. The first-order chi connectivity index (χ1) is 12.8. The molecule has 0 amide bonds. The Morgan fingerprint density at radius 3 is 2.15 bits per heavy atom. The normalized spacial score (nSPS) is 16.0. The molecule has 2 heterocycles. The Labute approximate surface area is 164 Å². The fourth-order valence-corrected chi connectivity index (χ4v) is 7.09. The van der Waals surface area contributed by atoms with Gasteiger partial charge >= 0.3 is 0 Å². The molecule has 0 atom stereocenters. The Morgan fingerprint density at radius 1 is 0.926 bits per heavy atom. The Kier molecular flexibility index (Phi) is 6.37. The van der Waals surface area contributed by atoms with E-state index in [1.807, 2.05) is 0 Å². The topological polar surface area (TPSA) is 97.5 Å². The average molecular weight is 429 g/mol. The molecule has 0 spiro atoms. The van der Waals surface area contributed by atoms with Crippen LogP contribution in [0.15, 0.2) is 50.4 Å². The highest BCUT2D eigenvalue weighted by Crippen LogP contribution is 2.28. The lowest BCUT2D eigenvalue weighted by Gasteiger charge is -2.14. The zero-order valence-corrected chi connectivity index (χ0v) is 17.5. The van der Waals surface area contributed by atoms with Gasteiger partial charge < -0.3 is 10.6 Å². The van der Waals surface area contributed by atoms with E-state index >= 15 is 0 Å². The monoisotopic (exact) mass is 428 g/mol. The molecule has 1 aromatic heterocycles. The van der Waals surface area contributed by atoms with Crippen molar-refractivity contribution in [3.63, 3.8) is 0 Å². The van der Waals surface area contributed by atoms with Crippen LogP contribution in [0.25, 0.3) is 0 Å². The molecule has 9 heteroatoms. The van der Waals surface area contributed by atoms with E-state index in [0.29, 0.717) is 6.42 Å². The maximum atomic E-state index is 12.7. The van der Waals surface area contributed by atoms with Gasteiger partial charge in [0.15, 0.2) is 9.84 Å². The molecule has 27 heavy (non-hydrogen) atoms. The van der Waals surface area contributed by atoms with Gasteiger partial charge in [-0.05, 0) is 75.3 Å². The minimum atomic E-state index is -3.66. The van der Waals surface area contributed by atoms with E-state index in [-0.39, 0.29) is 26.3 Å². The summed E-state index contributed by atoms with van der Waals surface area (Å²) in [7, 11) is -7.07. The lowest BCUT2D eigenvalue weighted by molar-refractivity contribution is 0.340. The molecule has 1 aliphatic rings. The lowest BCUT2D eigenvalue weighted by atomic mass is 10.4. The number of hydrogen-bond donors (Lipinski definition) is 1. The van der Waals surface area contributed by atoms with Crippen LogP contribution in [0.2, 0.25) is 0 Å². The summed E-state index contributed by atoms with van der Waals surface area (Å²) in [5, 5.41) is 0. The van der Waals surface area contributed by atoms with Gasteiger partial charge in [0.25, 0.3) is 0 Å². The summed E-state index contributed by atoms with van der Waals surface area (Å²) in [5.74, 6) is 0.0698. The summed E-state index contributed by atoms with van der Waals surface area (Å²) < 4.78 is 50.5. The largest absolute Gasteiger partial charge is 0.326 e. The first-order valence-corrected chi connectivity index (χ1v) is 12.9. The van der Waals surface area contributed by atoms with E-state index in [1.54, 1.807) is 6.07 Å². The summed E-state index contributed by atoms with van der Waals surface area (Å²) in [6.45, 7) is 3.16. The summed E-state index contributed by atoms with van der Waals surface area (Å²) in [6.07, 6.45) is 2.94. The van der Waals surface area contributed by atoms with Crippen molar-refractivity contribution >= 4 is 31.0 Å². The molecule has 0 unspecified atom stereocenters. The molecule has 148 valence electrons. The highest BCUT2D eigenvalue weighted by molar-refractivity contribution is 7.93. The number of hydrogen-bond acceptors (Lipinski definition) is 7. The average Bonchev–Trinajstić information content (AvgIpc) is 3.33. The van der Waals surface area contributed by atoms with Gasteiger partial charge in [-0.25, -0.2) is 16.8 Å². The van der Waals surface area contributed by atoms with Crippen molar-refractivity contribution in [2.24, 2.45) is 5.73 Å². The third kappa shape index (κ3) is 4.78. The van der Waals surface area contributed by atoms with Gasteiger partial charge in [0, 0.05) is 11.4 Å². The molecule has 2 aromatic rings. The Balaban J connectivity index is 1.69. The SMILES string of the molecule is NCc1ccc(S(=O)(=O)c2ccc(S(=O)(=O)CCCN3CCCC3)cc2)s1. The molecule has 3 rings (SSSR count). The first-order valence-electron chi connectivity index (χ1n) is 8.92. The first kappa shape index (κ1) is 20.5. The molecule has 1 aliphatic heterocycles. The number of rotatable bonds is 8. The van der Waals surface area contributed by atoms with Crippen molar-refractivity contribution in [2.75, 3.05) is 25.4 Å². The number of benzene rings is 1. The second-order valence-corrected chi connectivity index (χ2v) is 12.1. The van der Waals surface area contributed by atoms with Gasteiger partial charge in [0.05, 0.1) is 15.5 Å². The van der Waals surface area contributed by atoms with Crippen LogP contribution < -0.4 is 5.73 Å². The summed E-state index contributed by atoms with van der Waals surface area (Å²) in [6, 6.07) is 8.72. The zero-order chi connectivity index (χ0) is 19.5. The number of nitrogens with two attached hydrogens (primary N) is 1. The Hall–Kier alpha value is -1.26. The molecule has 0 saturated carbocycles. The fraction of sp³-hybridized carbons (Fsp3) is 0.444. The molecule has 0 aliphatic carbocycles. The zero-order valence-electron chi connectivity index (χ0n) is 15.0. The predicted octanol–water partition coefficient (Wildman–Crippen LogP) is 2.30. The minimum Gasteiger partial charge on any atom is -0.326 e. The van der Waals surface area contributed by atoms with E-state index < -0.39 is 19.7 Å². The highest BCUT2D eigenvalue weighted by Gasteiger charge is 2.22. The third-order valence-corrected chi connectivity index (χ3v) is 9.87. The predicted molar refractivity (Wildman–Crippen MR) is 106 cm³/mol. The van der Waals surface area contributed by atoms with Crippen LogP contribution in [0, 0.1) is 0 Å². The fourth-order valence-electron chi connectivity index (χ4n) is 3.16. The summed E-state index contributed by atoms with van der Waals surface area (Å²) >= 11 is 1.13. The molecule has 1 aromatic carbocycles. The lowest BCUT2D eigenvalue weighted by Crippen LogP contribution is -2.22. The van der Waals surface area contributed by atoms with Gasteiger partial charge in [0.2, 0.25) is 9.84 Å². The van der Waals surface area contributed by atoms with Crippen LogP contribution >= 0.6 is 11.3 Å². The van der Waals surface area contributed by atoms with Crippen LogP contribution in [-0.2, 0) is 26.2 Å². The Morgan fingerprint density at radius 2 is 1.56 bits per heavy atom. The van der Waals surface area contributed by atoms with Crippen LogP contribution in [0.3, 0.4) is 0 Å². The van der Waals surface area contributed by atoms with Crippen molar-refractivity contribution in [1.29, 1.82) is 0 Å². The quantitative estimate of drug-likeness (QED) is 0.693. The number of thiophene rings is 1. The highest BCUT2D eigenvalue weighted by atomic mass is 32.2. The number of likely N-dealkylation sites (tertiary alicyclic amines) is 1. The van der Waals surface area contributed by atoms with E-state index in [1.165, 1.54) is 43.2 Å². The van der Waals surface area contributed by atoms with Crippen molar-refractivity contribution in [1.82, 2.24) is 4.90 Å². The second kappa shape index (κ2) is 8.40. The standard InChI is InChI=1S/C18H24N2O4S3/c19-14-15-4-9-18(25-15)27(23,24)17-7-5-16(6-8-17)26(21,22)13-3-12-20-10-1-2-11-20/h4-9H,1-3,10-14,19H2.